The van der Waals surface area contributed by atoms with Crippen molar-refractivity contribution in [3.05, 3.63) is 20.2 Å². The van der Waals surface area contributed by atoms with Crippen LogP contribution in [-0.4, -0.2) is 49.3 Å². The van der Waals surface area contributed by atoms with Crippen LogP contribution in [0.25, 0.3) is 0 Å². The Labute approximate surface area is 96.6 Å². The summed E-state index contributed by atoms with van der Waals surface area (Å²) in [4.78, 5) is 27.9. The van der Waals surface area contributed by atoms with E-state index in [0.29, 0.717) is 6.61 Å². The van der Waals surface area contributed by atoms with Crippen LogP contribution in [-0.2, 0) is 19.1 Å². The molecule has 0 rings (SSSR count). The first-order chi connectivity index (χ1) is 8.06. The monoisotopic (exact) mass is 254 g/mol. The summed E-state index contributed by atoms with van der Waals surface area (Å²) in [5, 5.41) is 17.9. The molecule has 10 nitrogen and oxygen atoms in total. The molecule has 0 aromatic rings. The van der Waals surface area contributed by atoms with Gasteiger partial charge in [0.2, 0.25) is 0 Å². The first-order valence-corrected chi connectivity index (χ1v) is 4.80. The number of rotatable bonds is 11. The van der Waals surface area contributed by atoms with Crippen molar-refractivity contribution in [2.75, 3.05) is 33.0 Å². The highest BCUT2D eigenvalue weighted by Crippen LogP contribution is 1.95. The first kappa shape index (κ1) is 15.3. The summed E-state index contributed by atoms with van der Waals surface area (Å²) in [6.07, 6.45) is -0.596. The molecule has 0 heterocycles. The van der Waals surface area contributed by atoms with E-state index < -0.39 is 16.3 Å². The van der Waals surface area contributed by atoms with Gasteiger partial charge in [0.1, 0.15) is 19.3 Å². The van der Waals surface area contributed by atoms with Gasteiger partial charge >= 0.3 is 0 Å². The third kappa shape index (κ3) is 10.6. The molecule has 17 heavy (non-hydrogen) atoms. The van der Waals surface area contributed by atoms with E-state index in [0.717, 1.165) is 0 Å². The zero-order valence-corrected chi connectivity index (χ0v) is 9.27. The van der Waals surface area contributed by atoms with Gasteiger partial charge in [0, 0.05) is 6.61 Å². The molecular weight excluding hydrogens is 240 g/mol. The van der Waals surface area contributed by atoms with Crippen LogP contribution in [0.4, 0.5) is 0 Å². The van der Waals surface area contributed by atoms with Crippen LogP contribution in [0.5, 0.6) is 0 Å². The van der Waals surface area contributed by atoms with E-state index in [1.807, 2.05) is 0 Å². The van der Waals surface area contributed by atoms with E-state index >= 15 is 0 Å². The molecule has 0 aliphatic heterocycles. The van der Waals surface area contributed by atoms with Crippen molar-refractivity contribution in [3.63, 3.8) is 0 Å². The fourth-order valence-corrected chi connectivity index (χ4v) is 0.910. The Kier molecular flexibility index (Phi) is 8.60. The van der Waals surface area contributed by atoms with Crippen LogP contribution in [0.1, 0.15) is 6.92 Å². The second kappa shape index (κ2) is 9.54. The third-order valence-electron chi connectivity index (χ3n) is 1.50. The molecule has 0 aliphatic rings. The van der Waals surface area contributed by atoms with E-state index in [9.17, 15) is 20.2 Å². The summed E-state index contributed by atoms with van der Waals surface area (Å²) in [6, 6.07) is 0. The second-order valence-corrected chi connectivity index (χ2v) is 2.73. The molecule has 0 saturated heterocycles. The quantitative estimate of drug-likeness (QED) is 0.282. The Hall–Kier alpha value is -1.68. The van der Waals surface area contributed by atoms with Crippen molar-refractivity contribution in [2.24, 2.45) is 0 Å². The van der Waals surface area contributed by atoms with Crippen LogP contribution in [0, 0.1) is 20.2 Å². The number of ether oxygens (including phenoxy) is 2. The molecule has 0 spiro atoms. The first-order valence-electron chi connectivity index (χ1n) is 4.80. The lowest BCUT2D eigenvalue weighted by molar-refractivity contribution is -0.759. The van der Waals surface area contributed by atoms with Crippen molar-refractivity contribution in [3.8, 4) is 0 Å². The molecule has 0 aromatic carbocycles. The van der Waals surface area contributed by atoms with Crippen LogP contribution >= 0.6 is 0 Å². The summed E-state index contributed by atoms with van der Waals surface area (Å²) in [7, 11) is 0. The summed E-state index contributed by atoms with van der Waals surface area (Å²) < 4.78 is 10.1. The predicted molar refractivity (Wildman–Crippen MR) is 52.1 cm³/mol. The molecule has 0 aliphatic carbocycles. The summed E-state index contributed by atoms with van der Waals surface area (Å²) in [5.41, 5.74) is 0. The van der Waals surface area contributed by atoms with Gasteiger partial charge in [0.25, 0.3) is 10.2 Å². The highest BCUT2D eigenvalue weighted by molar-refractivity contribution is 4.53. The average molecular weight is 254 g/mol. The van der Waals surface area contributed by atoms with Gasteiger partial charge < -0.3 is 19.1 Å². The summed E-state index contributed by atoms with van der Waals surface area (Å²) in [6.45, 7) is 1.63. The fraction of sp³-hybridized carbons (Fsp3) is 1.00. The standard InChI is InChI=1S/C7H14N2O8/c1-2-15-7(6-17-9(12)13)5-14-3-4-16-8(10)11/h7H,2-6H2,1H3. The number of nitrogens with zero attached hydrogens (tertiary/aromatic N) is 2. The third-order valence-corrected chi connectivity index (χ3v) is 1.50. The Morgan fingerprint density at radius 2 is 1.71 bits per heavy atom. The van der Waals surface area contributed by atoms with Crippen molar-refractivity contribution in [2.45, 2.75) is 13.0 Å². The van der Waals surface area contributed by atoms with Gasteiger partial charge in [-0.15, -0.1) is 20.2 Å². The minimum atomic E-state index is -0.931. The summed E-state index contributed by atoms with van der Waals surface area (Å²) >= 11 is 0. The highest BCUT2D eigenvalue weighted by atomic mass is 17.0. The van der Waals surface area contributed by atoms with Gasteiger partial charge in [-0.05, 0) is 6.92 Å². The Morgan fingerprint density at radius 3 is 2.24 bits per heavy atom. The number of hydrogen-bond donors (Lipinski definition) is 0. The SMILES string of the molecule is CCOC(COCCO[N+](=O)[O-])CO[N+](=O)[O-]. The molecule has 0 bridgehead atoms. The van der Waals surface area contributed by atoms with E-state index in [4.69, 9.17) is 9.47 Å². The van der Waals surface area contributed by atoms with Crippen molar-refractivity contribution in [1.29, 1.82) is 0 Å². The maximum atomic E-state index is 9.95. The molecule has 100 valence electrons. The molecule has 1 atom stereocenters. The molecule has 1 unspecified atom stereocenters. The zero-order valence-electron chi connectivity index (χ0n) is 9.27. The maximum absolute atomic E-state index is 9.95. The molecule has 0 N–H and O–H groups in total. The van der Waals surface area contributed by atoms with E-state index in [-0.39, 0.29) is 26.4 Å². The van der Waals surface area contributed by atoms with Gasteiger partial charge in [0.05, 0.1) is 13.2 Å². The van der Waals surface area contributed by atoms with Crippen LogP contribution in [0.3, 0.4) is 0 Å². The van der Waals surface area contributed by atoms with E-state index in [1.165, 1.54) is 0 Å². The lowest BCUT2D eigenvalue weighted by Crippen LogP contribution is -2.27. The minimum absolute atomic E-state index is 0.0109. The largest absolute Gasteiger partial charge is 0.377 e. The lowest BCUT2D eigenvalue weighted by atomic mass is 10.4. The molecular formula is C7H14N2O8. The van der Waals surface area contributed by atoms with Gasteiger partial charge in [-0.2, -0.15) is 0 Å². The van der Waals surface area contributed by atoms with Gasteiger partial charge in [-0.1, -0.05) is 0 Å². The lowest BCUT2D eigenvalue weighted by Gasteiger charge is -2.15. The topological polar surface area (TPSA) is 123 Å². The van der Waals surface area contributed by atoms with Crippen LogP contribution in [0.2, 0.25) is 0 Å². The van der Waals surface area contributed by atoms with Gasteiger partial charge in [-0.3, -0.25) is 0 Å². The Balaban J connectivity index is 3.61. The van der Waals surface area contributed by atoms with Crippen molar-refractivity contribution in [1.82, 2.24) is 0 Å². The normalized spacial score (nSPS) is 11.8. The molecule has 10 heteroatoms. The smallest absolute Gasteiger partial charge is 0.294 e. The zero-order chi connectivity index (χ0) is 13.1. The van der Waals surface area contributed by atoms with Crippen molar-refractivity contribution >= 4 is 0 Å². The molecule has 0 saturated carbocycles. The summed E-state index contributed by atoms with van der Waals surface area (Å²) in [5.74, 6) is 0. The minimum Gasteiger partial charge on any atom is -0.377 e. The highest BCUT2D eigenvalue weighted by Gasteiger charge is 2.11. The van der Waals surface area contributed by atoms with E-state index in [1.54, 1.807) is 6.92 Å². The number of hydrogen-bond acceptors (Lipinski definition) is 8. The maximum Gasteiger partial charge on any atom is 0.294 e. The predicted octanol–water partition coefficient (Wildman–Crippen LogP) is -0.175. The van der Waals surface area contributed by atoms with Crippen molar-refractivity contribution < 1.29 is 29.3 Å². The Morgan fingerprint density at radius 1 is 1.06 bits per heavy atom. The second-order valence-electron chi connectivity index (χ2n) is 2.73. The fourth-order valence-electron chi connectivity index (χ4n) is 0.910. The molecule has 0 radical (unpaired) electrons. The molecule has 0 amide bonds. The van der Waals surface area contributed by atoms with Gasteiger partial charge in [-0.25, -0.2) is 0 Å². The van der Waals surface area contributed by atoms with E-state index in [2.05, 4.69) is 9.68 Å². The van der Waals surface area contributed by atoms with Gasteiger partial charge in [0.15, 0.2) is 0 Å². The molecule has 0 fully saturated rings. The van der Waals surface area contributed by atoms with Crippen LogP contribution < -0.4 is 0 Å². The molecule has 0 aromatic heterocycles. The average Bonchev–Trinajstić information content (AvgIpc) is 2.24. The Bertz CT molecular complexity index is 236. The van der Waals surface area contributed by atoms with Crippen LogP contribution in [0.15, 0.2) is 0 Å².